The minimum atomic E-state index is -0.455. The van der Waals surface area contributed by atoms with E-state index >= 15 is 0 Å². The summed E-state index contributed by atoms with van der Waals surface area (Å²) < 4.78 is 29.2. The molecule has 0 aromatic heterocycles. The predicted molar refractivity (Wildman–Crippen MR) is 89.8 cm³/mol. The Balaban J connectivity index is 2.16. The van der Waals surface area contributed by atoms with Gasteiger partial charge in [0.2, 0.25) is 0 Å². The predicted octanol–water partition coefficient (Wildman–Crippen LogP) is 4.25. The van der Waals surface area contributed by atoms with Crippen molar-refractivity contribution in [2.24, 2.45) is 0 Å². The second kappa shape index (κ2) is 8.36. The molecule has 0 unspecified atom stereocenters. The monoisotopic (exact) mass is 350 g/mol. The Morgan fingerprint density at radius 1 is 1.21 bits per heavy atom. The second-order valence-electron chi connectivity index (χ2n) is 4.76. The summed E-state index contributed by atoms with van der Waals surface area (Å²) in [6, 6.07) is 9.55. The first kappa shape index (κ1) is 17.8. The molecule has 2 rings (SSSR count). The topological polar surface area (TPSA) is 44.8 Å². The van der Waals surface area contributed by atoms with Crippen LogP contribution < -0.4 is 9.47 Å². The van der Waals surface area contributed by atoms with Crippen molar-refractivity contribution in [3.05, 3.63) is 64.4 Å². The van der Waals surface area contributed by atoms with Crippen molar-refractivity contribution in [3.63, 3.8) is 0 Å². The molecular formula is C18H16ClFO4. The summed E-state index contributed by atoms with van der Waals surface area (Å²) in [5, 5.41) is 0.298. The van der Waals surface area contributed by atoms with E-state index in [2.05, 4.69) is 4.74 Å². The average molecular weight is 351 g/mol. The number of carbonyl (C=O) groups is 1. The smallest absolute Gasteiger partial charge is 0.330 e. The Hall–Kier alpha value is -2.53. The fourth-order valence-electron chi connectivity index (χ4n) is 1.96. The quantitative estimate of drug-likeness (QED) is 0.577. The van der Waals surface area contributed by atoms with Gasteiger partial charge in [-0.3, -0.25) is 0 Å². The number of esters is 1. The van der Waals surface area contributed by atoms with Crippen LogP contribution in [0.5, 0.6) is 11.5 Å². The van der Waals surface area contributed by atoms with E-state index < -0.39 is 11.8 Å². The largest absolute Gasteiger partial charge is 0.493 e. The maximum Gasteiger partial charge on any atom is 0.330 e. The molecule has 0 saturated heterocycles. The van der Waals surface area contributed by atoms with Crippen LogP contribution in [0.25, 0.3) is 6.08 Å². The highest BCUT2D eigenvalue weighted by atomic mass is 35.5. The van der Waals surface area contributed by atoms with Gasteiger partial charge in [-0.25, -0.2) is 9.18 Å². The fourth-order valence-corrected chi connectivity index (χ4v) is 2.18. The molecule has 0 aliphatic rings. The molecule has 0 saturated carbocycles. The van der Waals surface area contributed by atoms with Crippen molar-refractivity contribution in [3.8, 4) is 11.5 Å². The van der Waals surface area contributed by atoms with Crippen molar-refractivity contribution in [2.45, 2.75) is 6.61 Å². The van der Waals surface area contributed by atoms with Crippen LogP contribution in [0, 0.1) is 5.82 Å². The van der Waals surface area contributed by atoms with Gasteiger partial charge in [0.1, 0.15) is 12.4 Å². The van der Waals surface area contributed by atoms with Crippen molar-refractivity contribution in [1.29, 1.82) is 0 Å². The zero-order chi connectivity index (χ0) is 17.5. The summed E-state index contributed by atoms with van der Waals surface area (Å²) in [4.78, 5) is 11.1. The number of ether oxygens (including phenoxy) is 3. The highest BCUT2D eigenvalue weighted by molar-refractivity contribution is 6.31. The summed E-state index contributed by atoms with van der Waals surface area (Å²) in [5.41, 5.74) is 1.00. The Morgan fingerprint density at radius 2 is 2.00 bits per heavy atom. The van der Waals surface area contributed by atoms with Crippen LogP contribution in [-0.2, 0) is 16.1 Å². The van der Waals surface area contributed by atoms with Crippen molar-refractivity contribution >= 4 is 23.6 Å². The third-order valence-corrected chi connectivity index (χ3v) is 3.59. The number of hydrogen-bond donors (Lipinski definition) is 0. The fraction of sp³-hybridized carbons (Fsp3) is 0.167. The summed E-state index contributed by atoms with van der Waals surface area (Å²) in [6.07, 6.45) is 2.89. The molecule has 0 atom stereocenters. The lowest BCUT2D eigenvalue weighted by Crippen LogP contribution is -2.01. The van der Waals surface area contributed by atoms with Crippen molar-refractivity contribution < 1.29 is 23.4 Å². The molecule has 0 N–H and O–H groups in total. The first-order valence-electron chi connectivity index (χ1n) is 7.05. The van der Waals surface area contributed by atoms with Gasteiger partial charge >= 0.3 is 5.97 Å². The molecule has 0 aliphatic heterocycles. The number of halogens is 2. The Morgan fingerprint density at radius 3 is 2.67 bits per heavy atom. The molecule has 6 heteroatoms. The Bertz CT molecular complexity index is 738. The van der Waals surface area contributed by atoms with Gasteiger partial charge in [-0.05, 0) is 35.9 Å². The SMILES string of the molecule is COC(=O)/C=C/c1ccc(OCc2c(F)cccc2Cl)c(OC)c1. The van der Waals surface area contributed by atoms with E-state index in [-0.39, 0.29) is 12.2 Å². The van der Waals surface area contributed by atoms with Gasteiger partial charge < -0.3 is 14.2 Å². The lowest BCUT2D eigenvalue weighted by molar-refractivity contribution is -0.134. The highest BCUT2D eigenvalue weighted by Crippen LogP contribution is 2.30. The number of rotatable bonds is 6. The van der Waals surface area contributed by atoms with E-state index in [1.54, 1.807) is 30.3 Å². The van der Waals surface area contributed by atoms with Crippen LogP contribution in [0.3, 0.4) is 0 Å². The van der Waals surface area contributed by atoms with E-state index in [9.17, 15) is 9.18 Å². The Kier molecular flexibility index (Phi) is 6.21. The van der Waals surface area contributed by atoms with Crippen LogP contribution in [0.15, 0.2) is 42.5 Å². The first-order chi connectivity index (χ1) is 11.5. The van der Waals surface area contributed by atoms with E-state index in [4.69, 9.17) is 21.1 Å². The molecule has 0 spiro atoms. The molecular weight excluding hydrogens is 335 g/mol. The standard InChI is InChI=1S/C18H16ClFO4/c1-22-17-10-12(7-9-18(21)23-2)6-8-16(17)24-11-13-14(19)4-3-5-15(13)20/h3-10H,11H2,1-2H3/b9-7+. The number of hydrogen-bond acceptors (Lipinski definition) is 4. The van der Waals surface area contributed by atoms with E-state index in [1.807, 2.05) is 0 Å². The molecule has 0 aliphatic carbocycles. The lowest BCUT2D eigenvalue weighted by Gasteiger charge is -2.12. The maximum absolute atomic E-state index is 13.8. The first-order valence-corrected chi connectivity index (χ1v) is 7.42. The van der Waals surface area contributed by atoms with E-state index in [0.29, 0.717) is 16.5 Å². The van der Waals surface area contributed by atoms with Gasteiger partial charge in [0.25, 0.3) is 0 Å². The number of carbonyl (C=O) groups excluding carboxylic acids is 1. The molecule has 4 nitrogen and oxygen atoms in total. The van der Waals surface area contributed by atoms with Gasteiger partial charge in [0.05, 0.1) is 19.2 Å². The van der Waals surface area contributed by atoms with E-state index in [0.717, 1.165) is 5.56 Å². The average Bonchev–Trinajstić information content (AvgIpc) is 2.59. The number of methoxy groups -OCH3 is 2. The van der Waals surface area contributed by atoms with Crippen LogP contribution in [-0.4, -0.2) is 20.2 Å². The normalized spacial score (nSPS) is 10.7. The minimum absolute atomic E-state index is 0.0286. The minimum Gasteiger partial charge on any atom is -0.493 e. The molecule has 0 fully saturated rings. The van der Waals surface area contributed by atoms with Crippen LogP contribution in [0.4, 0.5) is 4.39 Å². The van der Waals surface area contributed by atoms with Gasteiger partial charge in [-0.1, -0.05) is 23.7 Å². The van der Waals surface area contributed by atoms with Crippen LogP contribution in [0.2, 0.25) is 5.02 Å². The van der Waals surface area contributed by atoms with Crippen molar-refractivity contribution in [2.75, 3.05) is 14.2 Å². The summed E-state index contributed by atoms with van der Waals surface area (Å²) >= 11 is 5.98. The van der Waals surface area contributed by atoms with Gasteiger partial charge in [0, 0.05) is 11.6 Å². The zero-order valence-corrected chi connectivity index (χ0v) is 14.0. The number of benzene rings is 2. The second-order valence-corrected chi connectivity index (χ2v) is 5.16. The molecule has 24 heavy (non-hydrogen) atoms. The van der Waals surface area contributed by atoms with E-state index in [1.165, 1.54) is 32.4 Å². The van der Waals surface area contributed by atoms with Gasteiger partial charge in [-0.2, -0.15) is 0 Å². The van der Waals surface area contributed by atoms with Gasteiger partial charge in [0.15, 0.2) is 11.5 Å². The maximum atomic E-state index is 13.8. The molecule has 0 heterocycles. The summed E-state index contributed by atoms with van der Waals surface area (Å²) in [7, 11) is 2.80. The molecule has 2 aromatic rings. The van der Waals surface area contributed by atoms with Gasteiger partial charge in [-0.15, -0.1) is 0 Å². The molecule has 0 bridgehead atoms. The lowest BCUT2D eigenvalue weighted by atomic mass is 10.2. The van der Waals surface area contributed by atoms with Crippen LogP contribution in [0.1, 0.15) is 11.1 Å². The Labute approximate surface area is 144 Å². The van der Waals surface area contributed by atoms with Crippen LogP contribution >= 0.6 is 11.6 Å². The molecule has 0 amide bonds. The third kappa shape index (κ3) is 4.49. The highest BCUT2D eigenvalue weighted by Gasteiger charge is 2.10. The molecule has 2 aromatic carbocycles. The third-order valence-electron chi connectivity index (χ3n) is 3.23. The van der Waals surface area contributed by atoms with Crippen molar-refractivity contribution in [1.82, 2.24) is 0 Å². The zero-order valence-electron chi connectivity index (χ0n) is 13.2. The molecule has 126 valence electrons. The summed E-state index contributed by atoms with van der Waals surface area (Å²) in [6.45, 7) is -0.0286. The molecule has 0 radical (unpaired) electrons. The summed E-state index contributed by atoms with van der Waals surface area (Å²) in [5.74, 6) is 0.00380.